The summed E-state index contributed by atoms with van der Waals surface area (Å²) in [6.07, 6.45) is -22.4. The van der Waals surface area contributed by atoms with E-state index in [-0.39, 0.29) is 6.61 Å². The van der Waals surface area contributed by atoms with Gasteiger partial charge in [0.05, 0.1) is 44.7 Å². The Hall–Kier alpha value is -1.47. The number of allylic oxidation sites excluding steroid dienone is 1. The van der Waals surface area contributed by atoms with E-state index in [9.17, 15) is 66.1 Å². The molecule has 0 saturated carbocycles. The van der Waals surface area contributed by atoms with Crippen molar-refractivity contribution >= 4 is 5.97 Å². The topological polar surface area (TPSA) is 315 Å². The van der Waals surface area contributed by atoms with Crippen LogP contribution in [0.1, 0.15) is 33.6 Å². The Morgan fingerprint density at radius 1 is 0.918 bits per heavy atom. The average Bonchev–Trinajstić information content (AvgIpc) is 3.08. The molecule has 0 aromatic carbocycles. The van der Waals surface area contributed by atoms with Crippen LogP contribution >= 0.6 is 0 Å². The van der Waals surface area contributed by atoms with E-state index in [0.29, 0.717) is 6.42 Å². The molecule has 0 aromatic rings. The van der Waals surface area contributed by atoms with E-state index in [2.05, 4.69) is 0 Å². The lowest BCUT2D eigenvalue weighted by molar-refractivity contribution is -0.388. The summed E-state index contributed by atoms with van der Waals surface area (Å²) in [5.74, 6) is -6.19. The van der Waals surface area contributed by atoms with E-state index in [4.69, 9.17) is 28.4 Å². The second-order valence-corrected chi connectivity index (χ2v) is 12.7. The van der Waals surface area contributed by atoms with Gasteiger partial charge in [-0.1, -0.05) is 32.9 Å². The first-order valence-electron chi connectivity index (χ1n) is 16.2. The Balaban J connectivity index is 1.81. The van der Waals surface area contributed by atoms with Crippen LogP contribution in [0, 0.1) is 11.8 Å². The molecule has 286 valence electrons. The summed E-state index contributed by atoms with van der Waals surface area (Å²) in [6.45, 7) is 2.15. The van der Waals surface area contributed by atoms with Crippen molar-refractivity contribution in [3.05, 3.63) is 12.2 Å². The van der Waals surface area contributed by atoms with Crippen LogP contribution in [0.25, 0.3) is 0 Å². The van der Waals surface area contributed by atoms with Crippen molar-refractivity contribution in [3.8, 4) is 0 Å². The minimum absolute atomic E-state index is 0.120. The highest BCUT2D eigenvalue weighted by Gasteiger charge is 2.59. The van der Waals surface area contributed by atoms with Crippen molar-refractivity contribution in [1.82, 2.24) is 0 Å². The van der Waals surface area contributed by atoms with Gasteiger partial charge < -0.3 is 89.7 Å². The van der Waals surface area contributed by atoms with Gasteiger partial charge in [-0.25, -0.2) is 4.79 Å². The lowest BCUT2D eigenvalue weighted by Crippen LogP contribution is -2.68. The summed E-state index contributed by atoms with van der Waals surface area (Å²) in [5, 5.41) is 125. The molecule has 18 atom stereocenters. The van der Waals surface area contributed by atoms with E-state index in [1.165, 1.54) is 6.92 Å². The van der Waals surface area contributed by atoms with Crippen LogP contribution in [0.4, 0.5) is 0 Å². The second-order valence-electron chi connectivity index (χ2n) is 12.7. The maximum atomic E-state index is 12.6. The van der Waals surface area contributed by atoms with Gasteiger partial charge in [0.1, 0.15) is 61.0 Å². The lowest BCUT2D eigenvalue weighted by atomic mass is 9.84. The Bertz CT molecular complexity index is 1050. The van der Waals surface area contributed by atoms with Crippen LogP contribution < -0.4 is 0 Å². The van der Waals surface area contributed by atoms with Crippen LogP contribution in [0.2, 0.25) is 0 Å². The Labute approximate surface area is 282 Å². The fourth-order valence-electron chi connectivity index (χ4n) is 5.88. The van der Waals surface area contributed by atoms with Crippen molar-refractivity contribution in [2.75, 3.05) is 26.4 Å². The maximum Gasteiger partial charge on any atom is 0.364 e. The van der Waals surface area contributed by atoms with Crippen molar-refractivity contribution in [1.29, 1.82) is 0 Å². The summed E-state index contributed by atoms with van der Waals surface area (Å²) >= 11 is 0. The molecule has 3 aliphatic heterocycles. The Morgan fingerprint density at radius 2 is 1.55 bits per heavy atom. The number of aliphatic hydroxyl groups excluding tert-OH is 11. The molecule has 3 aliphatic rings. The van der Waals surface area contributed by atoms with Gasteiger partial charge in [0.25, 0.3) is 5.79 Å². The van der Waals surface area contributed by atoms with Gasteiger partial charge in [0, 0.05) is 18.3 Å². The van der Waals surface area contributed by atoms with Crippen LogP contribution in [0.15, 0.2) is 12.2 Å². The molecule has 0 radical (unpaired) electrons. The molecule has 0 amide bonds. The molecule has 0 aliphatic carbocycles. The number of aliphatic hydroxyl groups is 11. The minimum atomic E-state index is -2.87. The fraction of sp³-hybridized carbons (Fsp3) is 0.900. The number of ether oxygens (including phenoxy) is 6. The Kier molecular flexibility index (Phi) is 15.7. The van der Waals surface area contributed by atoms with E-state index >= 15 is 0 Å². The predicted octanol–water partition coefficient (Wildman–Crippen LogP) is -5.10. The highest BCUT2D eigenvalue weighted by molar-refractivity contribution is 5.76. The Morgan fingerprint density at radius 3 is 2.12 bits per heavy atom. The van der Waals surface area contributed by atoms with E-state index in [1.807, 2.05) is 6.92 Å². The third-order valence-corrected chi connectivity index (χ3v) is 9.11. The SMILES string of the molecule is CC/C=C/[C@@H](O)[C@@H](C)COC1OC(CO)[C@@H](OC2OC(CO)[C@H](O)[C@H](OC3(C(=O)O)C[C@@H](O)[C@@H](C)C([C@H](O)[C@H](O)CO)O3)[C@@H]2O)[C@H](O)[C@@H]1O. The van der Waals surface area contributed by atoms with Gasteiger partial charge in [0.2, 0.25) is 0 Å². The maximum absolute atomic E-state index is 12.6. The third kappa shape index (κ3) is 9.50. The summed E-state index contributed by atoms with van der Waals surface area (Å²) in [4.78, 5) is 12.6. The van der Waals surface area contributed by atoms with Gasteiger partial charge in [-0.3, -0.25) is 0 Å². The quantitative estimate of drug-likeness (QED) is 0.0665. The van der Waals surface area contributed by atoms with Gasteiger partial charge in [-0.15, -0.1) is 0 Å². The summed E-state index contributed by atoms with van der Waals surface area (Å²) in [7, 11) is 0. The third-order valence-electron chi connectivity index (χ3n) is 9.11. The number of carboxylic acid groups (broad SMARTS) is 1. The van der Waals surface area contributed by atoms with Gasteiger partial charge in [-0.05, 0) is 6.42 Å². The molecule has 49 heavy (non-hydrogen) atoms. The van der Waals surface area contributed by atoms with Crippen LogP contribution in [0.5, 0.6) is 0 Å². The van der Waals surface area contributed by atoms with Crippen molar-refractivity contribution in [2.45, 2.75) is 131 Å². The molecule has 19 nitrogen and oxygen atoms in total. The number of hydrogen-bond donors (Lipinski definition) is 12. The first-order chi connectivity index (χ1) is 23.1. The summed E-state index contributed by atoms with van der Waals surface area (Å²) in [5.41, 5.74) is 0. The summed E-state index contributed by atoms with van der Waals surface area (Å²) < 4.78 is 33.6. The smallest absolute Gasteiger partial charge is 0.364 e. The van der Waals surface area contributed by atoms with Crippen molar-refractivity contribution < 1.29 is 94.5 Å². The molecule has 19 heteroatoms. The van der Waals surface area contributed by atoms with Crippen molar-refractivity contribution in [2.24, 2.45) is 11.8 Å². The zero-order valence-electron chi connectivity index (χ0n) is 27.4. The molecular formula is C30H52O19. The molecule has 3 heterocycles. The molecule has 0 bridgehead atoms. The fourth-order valence-corrected chi connectivity index (χ4v) is 5.88. The lowest BCUT2D eigenvalue weighted by Gasteiger charge is -2.50. The van der Waals surface area contributed by atoms with Gasteiger partial charge >= 0.3 is 5.97 Å². The first-order valence-corrected chi connectivity index (χ1v) is 16.2. The molecule has 3 fully saturated rings. The zero-order chi connectivity index (χ0) is 36.8. The molecule has 6 unspecified atom stereocenters. The van der Waals surface area contributed by atoms with Gasteiger partial charge in [-0.2, -0.15) is 0 Å². The first kappa shape index (κ1) is 41.9. The standard InChI is InChI=1S/C30H52O19/c1-4-5-6-14(34)12(2)11-44-27-22(40)21(39)25(18(10-33)46-27)47-28-23(41)26(20(38)17(9-32)45-28)49-30(29(42)43)7-15(35)13(3)24(48-30)19(37)16(36)8-31/h5-6,12-28,31-41H,4,7-11H2,1-3H3,(H,42,43)/b6-5+/t12-,13+,14+,15+,16+,17?,18?,19+,20-,21+,22-,23-,24?,25+,26-,27?,28?,30?/m0/s1. The van der Waals surface area contributed by atoms with E-state index in [1.54, 1.807) is 19.1 Å². The number of carbonyl (C=O) groups is 1. The zero-order valence-corrected chi connectivity index (χ0v) is 27.4. The van der Waals surface area contributed by atoms with Crippen LogP contribution in [0.3, 0.4) is 0 Å². The largest absolute Gasteiger partial charge is 0.477 e. The molecule has 0 spiro atoms. The minimum Gasteiger partial charge on any atom is -0.477 e. The monoisotopic (exact) mass is 716 g/mol. The average molecular weight is 717 g/mol. The molecule has 0 aromatic heterocycles. The van der Waals surface area contributed by atoms with Crippen molar-refractivity contribution in [3.63, 3.8) is 0 Å². The number of aliphatic carboxylic acids is 1. The molecule has 12 N–H and O–H groups in total. The highest BCUT2D eigenvalue weighted by atomic mass is 16.8. The molecule has 3 saturated heterocycles. The highest BCUT2D eigenvalue weighted by Crippen LogP contribution is 2.40. The van der Waals surface area contributed by atoms with Crippen LogP contribution in [-0.2, 0) is 33.2 Å². The van der Waals surface area contributed by atoms with Crippen LogP contribution in [-0.4, -0.2) is 191 Å². The number of hydrogen-bond acceptors (Lipinski definition) is 18. The summed E-state index contributed by atoms with van der Waals surface area (Å²) in [6, 6.07) is 0. The molecular weight excluding hydrogens is 664 g/mol. The normalized spacial score (nSPS) is 42.9. The van der Waals surface area contributed by atoms with Gasteiger partial charge in [0.15, 0.2) is 12.6 Å². The van der Waals surface area contributed by atoms with E-state index in [0.717, 1.165) is 0 Å². The number of rotatable bonds is 16. The second kappa shape index (κ2) is 18.3. The predicted molar refractivity (Wildman–Crippen MR) is 160 cm³/mol. The van der Waals surface area contributed by atoms with E-state index < -0.39 is 142 Å². The number of carboxylic acids is 1. The molecule has 3 rings (SSSR count).